The van der Waals surface area contributed by atoms with Gasteiger partial charge in [-0.15, -0.1) is 0 Å². The number of thiazole rings is 1. The van der Waals surface area contributed by atoms with Gasteiger partial charge in [0.2, 0.25) is 5.82 Å². The Balaban J connectivity index is 1.92. The van der Waals surface area contributed by atoms with Gasteiger partial charge < -0.3 is 14.9 Å². The Bertz CT molecular complexity index is 574. The summed E-state index contributed by atoms with van der Waals surface area (Å²) < 4.78 is 6.70. The highest BCUT2D eigenvalue weighted by Gasteiger charge is 2.25. The standard InChI is InChI=1S/C9H11N5O3S/c15-14(16)8-7(10-9-13(8)3-6-18-9)11-12-1-4-17-5-2-12/h3,6,11H,1-2,4-5H2. The number of nitrogens with one attached hydrogen (secondary N) is 1. The molecule has 0 atom stereocenters. The molecule has 18 heavy (non-hydrogen) atoms. The molecule has 1 aliphatic rings. The molecule has 2 aromatic rings. The topological polar surface area (TPSA) is 84.9 Å². The van der Waals surface area contributed by atoms with Crippen LogP contribution in [0.1, 0.15) is 0 Å². The lowest BCUT2D eigenvalue weighted by molar-refractivity contribution is -0.389. The first-order valence-electron chi connectivity index (χ1n) is 5.45. The van der Waals surface area contributed by atoms with Crippen LogP contribution in [0.4, 0.5) is 11.6 Å². The molecule has 1 N–H and O–H groups in total. The maximum atomic E-state index is 11.1. The molecule has 96 valence electrons. The average Bonchev–Trinajstić information content (AvgIpc) is 2.89. The van der Waals surface area contributed by atoms with Gasteiger partial charge in [0.05, 0.1) is 13.2 Å². The summed E-state index contributed by atoms with van der Waals surface area (Å²) in [4.78, 5) is 15.5. The number of ether oxygens (including phenoxy) is 1. The van der Waals surface area contributed by atoms with Crippen molar-refractivity contribution in [2.45, 2.75) is 0 Å². The van der Waals surface area contributed by atoms with E-state index in [4.69, 9.17) is 4.74 Å². The van der Waals surface area contributed by atoms with E-state index in [0.29, 0.717) is 31.3 Å². The van der Waals surface area contributed by atoms with Crippen molar-refractivity contribution in [3.8, 4) is 0 Å². The summed E-state index contributed by atoms with van der Waals surface area (Å²) in [5.41, 5.74) is 2.99. The maximum absolute atomic E-state index is 11.1. The van der Waals surface area contributed by atoms with Gasteiger partial charge in [-0.2, -0.15) is 9.38 Å². The first kappa shape index (κ1) is 11.4. The van der Waals surface area contributed by atoms with E-state index in [1.165, 1.54) is 15.7 Å². The number of anilines is 1. The van der Waals surface area contributed by atoms with Crippen molar-refractivity contribution in [2.24, 2.45) is 0 Å². The number of fused-ring (bicyclic) bond motifs is 1. The summed E-state index contributed by atoms with van der Waals surface area (Å²) in [6.45, 7) is 2.59. The van der Waals surface area contributed by atoms with Crippen LogP contribution in [-0.4, -0.2) is 45.6 Å². The largest absolute Gasteiger partial charge is 0.379 e. The van der Waals surface area contributed by atoms with Crippen molar-refractivity contribution in [3.63, 3.8) is 0 Å². The third kappa shape index (κ3) is 1.92. The van der Waals surface area contributed by atoms with Gasteiger partial charge in [-0.3, -0.25) is 5.43 Å². The van der Waals surface area contributed by atoms with Gasteiger partial charge in [-0.1, -0.05) is 11.3 Å². The lowest BCUT2D eigenvalue weighted by Gasteiger charge is -2.26. The van der Waals surface area contributed by atoms with E-state index in [1.807, 2.05) is 5.01 Å². The Kier molecular flexibility index (Phi) is 2.86. The molecule has 2 aromatic heterocycles. The van der Waals surface area contributed by atoms with Crippen LogP contribution in [0.3, 0.4) is 0 Å². The molecule has 8 nitrogen and oxygen atoms in total. The zero-order valence-corrected chi connectivity index (χ0v) is 10.2. The highest BCUT2D eigenvalue weighted by atomic mass is 32.1. The number of aromatic nitrogens is 2. The van der Waals surface area contributed by atoms with Gasteiger partial charge in [0.25, 0.3) is 4.96 Å². The minimum atomic E-state index is -0.421. The molecular formula is C9H11N5O3S. The smallest absolute Gasteiger partial charge is 0.374 e. The Labute approximate surface area is 106 Å². The summed E-state index contributed by atoms with van der Waals surface area (Å²) in [6.07, 6.45) is 1.65. The maximum Gasteiger partial charge on any atom is 0.374 e. The average molecular weight is 269 g/mol. The Hall–Kier alpha value is -1.71. The zero-order chi connectivity index (χ0) is 12.5. The molecular weight excluding hydrogens is 258 g/mol. The number of hydrogen-bond donors (Lipinski definition) is 1. The molecule has 0 bridgehead atoms. The van der Waals surface area contributed by atoms with Crippen LogP contribution in [0.2, 0.25) is 0 Å². The number of nitro groups is 1. The van der Waals surface area contributed by atoms with E-state index < -0.39 is 4.92 Å². The quantitative estimate of drug-likeness (QED) is 0.660. The summed E-state index contributed by atoms with van der Waals surface area (Å²) in [5, 5.41) is 14.8. The summed E-state index contributed by atoms with van der Waals surface area (Å²) >= 11 is 1.37. The molecule has 0 radical (unpaired) electrons. The second-order valence-electron chi connectivity index (χ2n) is 3.81. The van der Waals surface area contributed by atoms with Crippen molar-refractivity contribution in [1.82, 2.24) is 14.4 Å². The third-order valence-corrected chi connectivity index (χ3v) is 3.44. The molecule has 0 aromatic carbocycles. The van der Waals surface area contributed by atoms with E-state index in [2.05, 4.69) is 10.4 Å². The van der Waals surface area contributed by atoms with Gasteiger partial charge in [-0.05, 0) is 4.92 Å². The molecule has 3 rings (SSSR count). The zero-order valence-electron chi connectivity index (χ0n) is 9.40. The third-order valence-electron chi connectivity index (χ3n) is 2.68. The number of morpholine rings is 1. The van der Waals surface area contributed by atoms with Crippen molar-refractivity contribution >= 4 is 27.9 Å². The van der Waals surface area contributed by atoms with Crippen LogP contribution in [0.25, 0.3) is 4.96 Å². The van der Waals surface area contributed by atoms with Crippen LogP contribution in [0, 0.1) is 10.1 Å². The van der Waals surface area contributed by atoms with Gasteiger partial charge in [0.1, 0.15) is 6.20 Å². The highest BCUT2D eigenvalue weighted by molar-refractivity contribution is 7.15. The summed E-state index contributed by atoms with van der Waals surface area (Å²) in [6, 6.07) is 0. The molecule has 1 saturated heterocycles. The van der Waals surface area contributed by atoms with E-state index in [9.17, 15) is 10.1 Å². The van der Waals surface area contributed by atoms with E-state index in [0.717, 1.165) is 0 Å². The second-order valence-corrected chi connectivity index (χ2v) is 4.68. The van der Waals surface area contributed by atoms with Gasteiger partial charge in [-0.25, -0.2) is 5.01 Å². The molecule has 0 saturated carbocycles. The summed E-state index contributed by atoms with van der Waals surface area (Å²) in [7, 11) is 0. The van der Waals surface area contributed by atoms with Crippen LogP contribution < -0.4 is 5.43 Å². The second kappa shape index (κ2) is 4.52. The lowest BCUT2D eigenvalue weighted by atomic mass is 10.5. The Morgan fingerprint density at radius 3 is 3.00 bits per heavy atom. The van der Waals surface area contributed by atoms with Gasteiger partial charge >= 0.3 is 5.82 Å². The minimum absolute atomic E-state index is 0.0299. The van der Waals surface area contributed by atoms with Crippen LogP contribution in [0.15, 0.2) is 11.6 Å². The minimum Gasteiger partial charge on any atom is -0.379 e. The Morgan fingerprint density at radius 2 is 2.28 bits per heavy atom. The number of nitrogens with zero attached hydrogens (tertiary/aromatic N) is 4. The predicted molar refractivity (Wildman–Crippen MR) is 65.7 cm³/mol. The van der Waals surface area contributed by atoms with Crippen molar-refractivity contribution in [2.75, 3.05) is 31.7 Å². The molecule has 1 aliphatic heterocycles. The lowest BCUT2D eigenvalue weighted by Crippen LogP contribution is -2.40. The fraction of sp³-hybridized carbons (Fsp3) is 0.444. The number of hydrazine groups is 1. The molecule has 0 amide bonds. The first-order valence-corrected chi connectivity index (χ1v) is 6.33. The fourth-order valence-corrected chi connectivity index (χ4v) is 2.56. The van der Waals surface area contributed by atoms with Gasteiger partial charge in [0, 0.05) is 18.5 Å². The molecule has 0 unspecified atom stereocenters. The number of imidazole rings is 1. The molecule has 0 spiro atoms. The van der Waals surface area contributed by atoms with Crippen LogP contribution in [-0.2, 0) is 4.74 Å². The predicted octanol–water partition coefficient (Wildman–Crippen LogP) is 0.963. The van der Waals surface area contributed by atoms with Crippen molar-refractivity contribution in [3.05, 3.63) is 21.7 Å². The number of hydrogen-bond acceptors (Lipinski definition) is 7. The normalized spacial score (nSPS) is 17.1. The molecule has 0 aliphatic carbocycles. The molecule has 3 heterocycles. The van der Waals surface area contributed by atoms with Gasteiger partial charge in [0.15, 0.2) is 0 Å². The number of rotatable bonds is 3. The fourth-order valence-electron chi connectivity index (χ4n) is 1.85. The van der Waals surface area contributed by atoms with Crippen molar-refractivity contribution < 1.29 is 9.66 Å². The monoisotopic (exact) mass is 269 g/mol. The first-order chi connectivity index (χ1) is 8.75. The van der Waals surface area contributed by atoms with Crippen LogP contribution in [0.5, 0.6) is 0 Å². The van der Waals surface area contributed by atoms with Crippen LogP contribution >= 0.6 is 11.3 Å². The highest BCUT2D eigenvalue weighted by Crippen LogP contribution is 2.28. The van der Waals surface area contributed by atoms with E-state index in [1.54, 1.807) is 11.6 Å². The van der Waals surface area contributed by atoms with Crippen molar-refractivity contribution in [1.29, 1.82) is 0 Å². The van der Waals surface area contributed by atoms with E-state index >= 15 is 0 Å². The van der Waals surface area contributed by atoms with E-state index in [-0.39, 0.29) is 11.6 Å². The molecule has 1 fully saturated rings. The Morgan fingerprint density at radius 1 is 1.50 bits per heavy atom. The molecule has 9 heteroatoms. The SMILES string of the molecule is O=[N+]([O-])c1c(NN2CCOCC2)nc2sccn12. The summed E-state index contributed by atoms with van der Waals surface area (Å²) in [5.74, 6) is 0.256.